The lowest BCUT2D eigenvalue weighted by Gasteiger charge is -2.27. The number of aromatic nitrogens is 4. The number of fused-ring (bicyclic) bond motifs is 3. The number of carbonyl (C=O) groups excluding carboxylic acids is 1. The molecule has 20 heavy (non-hydrogen) atoms. The summed E-state index contributed by atoms with van der Waals surface area (Å²) in [5, 5.41) is 13.3. The topological polar surface area (TPSA) is 92.8 Å². The molecule has 0 atom stereocenters. The minimum absolute atomic E-state index is 0.215. The molecule has 0 radical (unpaired) electrons. The van der Waals surface area contributed by atoms with Crippen LogP contribution < -0.4 is 0 Å². The summed E-state index contributed by atoms with van der Waals surface area (Å²) in [5.74, 6) is 0.816. The van der Waals surface area contributed by atoms with Crippen molar-refractivity contribution in [3.05, 3.63) is 23.3 Å². The maximum absolute atomic E-state index is 11.7. The Kier molecular flexibility index (Phi) is 3.23. The highest BCUT2D eigenvalue weighted by Gasteiger charge is 2.24. The first kappa shape index (κ1) is 12.8. The van der Waals surface area contributed by atoms with Crippen molar-refractivity contribution in [3.8, 4) is 0 Å². The van der Waals surface area contributed by atoms with Gasteiger partial charge in [0.25, 0.3) is 5.78 Å². The van der Waals surface area contributed by atoms with Crippen molar-refractivity contribution < 1.29 is 14.6 Å². The third-order valence-corrected chi connectivity index (χ3v) is 3.24. The quantitative estimate of drug-likeness (QED) is 0.838. The van der Waals surface area contributed by atoms with Gasteiger partial charge in [-0.25, -0.2) is 14.3 Å². The van der Waals surface area contributed by atoms with Gasteiger partial charge < -0.3 is 14.7 Å². The van der Waals surface area contributed by atoms with Crippen molar-refractivity contribution in [1.29, 1.82) is 0 Å². The van der Waals surface area contributed by atoms with Gasteiger partial charge in [-0.1, -0.05) is 0 Å². The second-order valence-corrected chi connectivity index (χ2v) is 4.50. The fraction of sp³-hybridized carbons (Fsp3) is 0.500. The summed E-state index contributed by atoms with van der Waals surface area (Å²) in [6.07, 6.45) is 2.04. The van der Waals surface area contributed by atoms with Crippen molar-refractivity contribution in [1.82, 2.24) is 24.5 Å². The molecule has 0 saturated heterocycles. The summed E-state index contributed by atoms with van der Waals surface area (Å²) >= 11 is 0. The summed E-state index contributed by atoms with van der Waals surface area (Å²) in [4.78, 5) is 21.7. The SMILES string of the molecule is CCOC(=O)N1CCc2c(cnc3nc(CO)nn23)C1. The number of hydrogen-bond acceptors (Lipinski definition) is 6. The molecule has 0 bridgehead atoms. The van der Waals surface area contributed by atoms with Crippen molar-refractivity contribution in [2.45, 2.75) is 26.5 Å². The number of rotatable bonds is 2. The van der Waals surface area contributed by atoms with E-state index >= 15 is 0 Å². The van der Waals surface area contributed by atoms with Crippen molar-refractivity contribution in [3.63, 3.8) is 0 Å². The zero-order valence-electron chi connectivity index (χ0n) is 11.1. The van der Waals surface area contributed by atoms with E-state index in [-0.39, 0.29) is 12.7 Å². The van der Waals surface area contributed by atoms with Crippen molar-refractivity contribution in [2.24, 2.45) is 0 Å². The molecule has 2 aromatic heterocycles. The van der Waals surface area contributed by atoms with Gasteiger partial charge in [0.05, 0.1) is 18.8 Å². The van der Waals surface area contributed by atoms with E-state index in [1.165, 1.54) is 0 Å². The van der Waals surface area contributed by atoms with Crippen LogP contribution in [0, 0.1) is 0 Å². The molecule has 2 aromatic rings. The monoisotopic (exact) mass is 277 g/mol. The molecule has 1 N–H and O–H groups in total. The Balaban J connectivity index is 1.93. The van der Waals surface area contributed by atoms with Crippen LogP contribution in [0.25, 0.3) is 5.78 Å². The summed E-state index contributed by atoms with van der Waals surface area (Å²) < 4.78 is 6.65. The molecule has 0 unspecified atom stereocenters. The number of amides is 1. The molecule has 8 heteroatoms. The summed E-state index contributed by atoms with van der Waals surface area (Å²) in [5.41, 5.74) is 1.90. The van der Waals surface area contributed by atoms with Crippen molar-refractivity contribution in [2.75, 3.05) is 13.2 Å². The highest BCUT2D eigenvalue weighted by atomic mass is 16.6. The Morgan fingerprint density at radius 3 is 3.15 bits per heavy atom. The predicted octanol–water partition coefficient (Wildman–Crippen LogP) is 0.131. The number of ether oxygens (including phenoxy) is 1. The van der Waals surface area contributed by atoms with E-state index in [1.807, 2.05) is 0 Å². The number of carbonyl (C=O) groups is 1. The first-order valence-electron chi connectivity index (χ1n) is 6.48. The highest BCUT2D eigenvalue weighted by molar-refractivity contribution is 5.68. The summed E-state index contributed by atoms with van der Waals surface area (Å²) in [6, 6.07) is 0. The van der Waals surface area contributed by atoms with Crippen LogP contribution in [-0.4, -0.2) is 48.8 Å². The van der Waals surface area contributed by atoms with Crippen LogP contribution in [0.5, 0.6) is 0 Å². The van der Waals surface area contributed by atoms with Gasteiger partial charge >= 0.3 is 6.09 Å². The number of aliphatic hydroxyl groups excluding tert-OH is 1. The van der Waals surface area contributed by atoms with Gasteiger partial charge in [0.15, 0.2) is 5.82 Å². The second kappa shape index (κ2) is 5.04. The van der Waals surface area contributed by atoms with Crippen LogP contribution in [0.1, 0.15) is 24.0 Å². The predicted molar refractivity (Wildman–Crippen MR) is 67.8 cm³/mol. The van der Waals surface area contributed by atoms with Crippen LogP contribution in [0.4, 0.5) is 4.79 Å². The van der Waals surface area contributed by atoms with Gasteiger partial charge in [-0.15, -0.1) is 5.10 Å². The maximum atomic E-state index is 11.7. The van der Waals surface area contributed by atoms with E-state index in [1.54, 1.807) is 22.5 Å². The Morgan fingerprint density at radius 2 is 2.40 bits per heavy atom. The lowest BCUT2D eigenvalue weighted by molar-refractivity contribution is 0.102. The van der Waals surface area contributed by atoms with Crippen molar-refractivity contribution >= 4 is 11.9 Å². The molecular formula is C12H15N5O3. The Hall–Kier alpha value is -2.22. The molecule has 1 aliphatic heterocycles. The zero-order valence-corrected chi connectivity index (χ0v) is 11.1. The Labute approximate surface area is 115 Å². The van der Waals surface area contributed by atoms with E-state index in [4.69, 9.17) is 9.84 Å². The zero-order chi connectivity index (χ0) is 14.1. The van der Waals surface area contributed by atoms with Crippen LogP contribution in [-0.2, 0) is 24.3 Å². The van der Waals surface area contributed by atoms with Gasteiger partial charge in [0.1, 0.15) is 6.61 Å². The number of aliphatic hydroxyl groups is 1. The number of hydrogen-bond donors (Lipinski definition) is 1. The Morgan fingerprint density at radius 1 is 1.55 bits per heavy atom. The Bertz CT molecular complexity index is 654. The second-order valence-electron chi connectivity index (χ2n) is 4.50. The third-order valence-electron chi connectivity index (χ3n) is 3.24. The van der Waals surface area contributed by atoms with E-state index in [2.05, 4.69) is 15.1 Å². The molecule has 106 valence electrons. The molecular weight excluding hydrogens is 262 g/mol. The van der Waals surface area contributed by atoms with Gasteiger partial charge in [-0.3, -0.25) is 0 Å². The summed E-state index contributed by atoms with van der Waals surface area (Å²) in [6.45, 7) is 2.95. The van der Waals surface area contributed by atoms with E-state index in [9.17, 15) is 4.79 Å². The number of nitrogens with zero attached hydrogens (tertiary/aromatic N) is 5. The molecule has 3 rings (SSSR count). The molecule has 0 saturated carbocycles. The first-order chi connectivity index (χ1) is 9.72. The van der Waals surface area contributed by atoms with Gasteiger partial charge in [0, 0.05) is 24.7 Å². The maximum Gasteiger partial charge on any atom is 0.410 e. The largest absolute Gasteiger partial charge is 0.450 e. The average molecular weight is 277 g/mol. The first-order valence-corrected chi connectivity index (χ1v) is 6.48. The average Bonchev–Trinajstić information content (AvgIpc) is 2.90. The molecule has 8 nitrogen and oxygen atoms in total. The van der Waals surface area contributed by atoms with Crippen LogP contribution >= 0.6 is 0 Å². The van der Waals surface area contributed by atoms with Crippen LogP contribution in [0.2, 0.25) is 0 Å². The van der Waals surface area contributed by atoms with Crippen LogP contribution in [0.3, 0.4) is 0 Å². The minimum atomic E-state index is -0.312. The lowest BCUT2D eigenvalue weighted by Crippen LogP contribution is -2.37. The summed E-state index contributed by atoms with van der Waals surface area (Å²) in [7, 11) is 0. The molecule has 1 amide bonds. The molecule has 1 aliphatic rings. The smallest absolute Gasteiger partial charge is 0.410 e. The van der Waals surface area contributed by atoms with E-state index < -0.39 is 0 Å². The molecule has 0 spiro atoms. The van der Waals surface area contributed by atoms with Gasteiger partial charge in [-0.05, 0) is 6.92 Å². The fourth-order valence-corrected chi connectivity index (χ4v) is 2.32. The minimum Gasteiger partial charge on any atom is -0.450 e. The molecule has 0 aromatic carbocycles. The molecule has 0 fully saturated rings. The van der Waals surface area contributed by atoms with Crippen LogP contribution in [0.15, 0.2) is 6.20 Å². The molecule has 0 aliphatic carbocycles. The third kappa shape index (κ3) is 2.07. The lowest BCUT2D eigenvalue weighted by atomic mass is 10.1. The van der Waals surface area contributed by atoms with Gasteiger partial charge in [0.2, 0.25) is 0 Å². The standard InChI is InChI=1S/C12H15N5O3/c1-2-20-12(19)16-4-3-9-8(6-16)5-13-11-14-10(7-18)15-17(9)11/h5,18H,2-4,6-7H2,1H3. The van der Waals surface area contributed by atoms with Gasteiger partial charge in [-0.2, -0.15) is 4.98 Å². The molecule has 3 heterocycles. The highest BCUT2D eigenvalue weighted by Crippen LogP contribution is 2.19. The normalized spacial score (nSPS) is 14.4. The fourth-order valence-electron chi connectivity index (χ4n) is 2.32. The van der Waals surface area contributed by atoms with E-state index in [0.717, 1.165) is 11.3 Å². The van der Waals surface area contributed by atoms with E-state index in [0.29, 0.717) is 37.7 Å².